The molecule has 5 nitrogen and oxygen atoms in total. The summed E-state index contributed by atoms with van der Waals surface area (Å²) in [6.07, 6.45) is -2.42. The van der Waals surface area contributed by atoms with Crippen LogP contribution in [0.4, 0.5) is 18.9 Å². The molecule has 0 aliphatic carbocycles. The summed E-state index contributed by atoms with van der Waals surface area (Å²) in [6, 6.07) is 19.4. The number of hydrogen-bond acceptors (Lipinski definition) is 4. The summed E-state index contributed by atoms with van der Waals surface area (Å²) in [6.45, 7) is 6.36. The number of nitrogens with zero attached hydrogens (tertiary/aromatic N) is 2. The number of nitrogen functional groups attached to an aromatic ring is 1. The third kappa shape index (κ3) is 6.83. The van der Waals surface area contributed by atoms with E-state index in [1.165, 1.54) is 12.1 Å². The molecule has 0 amide bonds. The maximum Gasteiger partial charge on any atom is 0.416 e. The summed E-state index contributed by atoms with van der Waals surface area (Å²) in [4.78, 5) is 4.29. The highest BCUT2D eigenvalue weighted by atomic mass is 19.4. The van der Waals surface area contributed by atoms with Crippen LogP contribution in [0.25, 0.3) is 11.1 Å². The lowest BCUT2D eigenvalue weighted by atomic mass is 9.99. The van der Waals surface area contributed by atoms with E-state index in [1.54, 1.807) is 6.07 Å². The fourth-order valence-corrected chi connectivity index (χ4v) is 4.60. The van der Waals surface area contributed by atoms with Gasteiger partial charge in [0.25, 0.3) is 0 Å². The highest BCUT2D eigenvalue weighted by Gasteiger charge is 2.31. The third-order valence-corrected chi connectivity index (χ3v) is 6.69. The summed E-state index contributed by atoms with van der Waals surface area (Å²) in [5, 5.41) is 7.56. The minimum Gasteiger partial charge on any atom is -0.492 e. The number of aryl methyl sites for hydroxylation is 1. The molecule has 0 unspecified atom stereocenters. The van der Waals surface area contributed by atoms with E-state index in [4.69, 9.17) is 15.9 Å². The van der Waals surface area contributed by atoms with E-state index in [0.717, 1.165) is 61.0 Å². The van der Waals surface area contributed by atoms with Gasteiger partial charge in [0.15, 0.2) is 0 Å². The van der Waals surface area contributed by atoms with Gasteiger partial charge in [-0.2, -0.15) is 13.2 Å². The molecule has 1 aliphatic rings. The van der Waals surface area contributed by atoms with Gasteiger partial charge in [-0.1, -0.05) is 49.7 Å². The van der Waals surface area contributed by atoms with Gasteiger partial charge in [-0.25, -0.2) is 0 Å². The molecule has 0 bridgehead atoms. The van der Waals surface area contributed by atoms with E-state index in [-0.39, 0.29) is 5.84 Å². The first-order valence-electron chi connectivity index (χ1n) is 12.6. The topological polar surface area (TPSA) is 65.6 Å². The van der Waals surface area contributed by atoms with Gasteiger partial charge in [0.2, 0.25) is 0 Å². The Balaban J connectivity index is 1.31. The van der Waals surface area contributed by atoms with Gasteiger partial charge in [-0.15, -0.1) is 0 Å². The molecule has 0 spiro atoms. The molecule has 3 N–H and O–H groups in total. The van der Waals surface area contributed by atoms with Crippen molar-refractivity contribution in [2.45, 2.75) is 25.9 Å². The summed E-state index contributed by atoms with van der Waals surface area (Å²) in [7, 11) is 0. The van der Waals surface area contributed by atoms with Crippen molar-refractivity contribution in [3.8, 4) is 16.9 Å². The Hall–Kier alpha value is -3.52. The van der Waals surface area contributed by atoms with Crippen LogP contribution in [-0.2, 0) is 12.6 Å². The lowest BCUT2D eigenvalue weighted by molar-refractivity contribution is -0.137. The number of rotatable bonds is 9. The molecule has 0 atom stereocenters. The molecule has 0 aromatic heterocycles. The predicted octanol–water partition coefficient (Wildman–Crippen LogP) is 5.81. The van der Waals surface area contributed by atoms with Crippen molar-refractivity contribution in [2.75, 3.05) is 44.2 Å². The first kappa shape index (κ1) is 26.5. The second-order valence-corrected chi connectivity index (χ2v) is 9.29. The van der Waals surface area contributed by atoms with Crippen LogP contribution in [0.3, 0.4) is 0 Å². The van der Waals surface area contributed by atoms with E-state index in [1.807, 2.05) is 41.3 Å². The van der Waals surface area contributed by atoms with Crippen LogP contribution < -0.4 is 15.4 Å². The van der Waals surface area contributed by atoms with Gasteiger partial charge in [-0.3, -0.25) is 10.3 Å². The Kier molecular flexibility index (Phi) is 8.38. The number of alkyl halides is 3. The molecule has 3 aromatic rings. The van der Waals surface area contributed by atoms with Crippen LogP contribution in [0.1, 0.15) is 30.0 Å². The predicted molar refractivity (Wildman–Crippen MR) is 142 cm³/mol. The van der Waals surface area contributed by atoms with Gasteiger partial charge in [0, 0.05) is 44.0 Å². The van der Waals surface area contributed by atoms with Crippen LogP contribution in [0.2, 0.25) is 0 Å². The zero-order valence-electron chi connectivity index (χ0n) is 21.0. The molecule has 3 aromatic carbocycles. The van der Waals surface area contributed by atoms with E-state index in [0.29, 0.717) is 30.9 Å². The van der Waals surface area contributed by atoms with Crippen LogP contribution >= 0.6 is 0 Å². The number of nitrogens with one attached hydrogen (secondary N) is 1. The van der Waals surface area contributed by atoms with Gasteiger partial charge >= 0.3 is 6.18 Å². The first-order valence-corrected chi connectivity index (χ1v) is 12.6. The quantitative estimate of drug-likeness (QED) is 0.282. The number of nitrogens with two attached hydrogens (primary N) is 1. The number of anilines is 1. The van der Waals surface area contributed by atoms with Crippen molar-refractivity contribution in [3.63, 3.8) is 0 Å². The number of piperazine rings is 1. The Labute approximate surface area is 216 Å². The molecule has 37 heavy (non-hydrogen) atoms. The highest BCUT2D eigenvalue weighted by molar-refractivity contribution is 5.95. The van der Waals surface area contributed by atoms with Gasteiger partial charge < -0.3 is 15.4 Å². The summed E-state index contributed by atoms with van der Waals surface area (Å²) >= 11 is 0. The average molecular weight is 511 g/mol. The molecule has 196 valence electrons. The number of benzene rings is 3. The lowest BCUT2D eigenvalue weighted by Gasteiger charge is -2.36. The Morgan fingerprint density at radius 3 is 2.30 bits per heavy atom. The van der Waals surface area contributed by atoms with E-state index >= 15 is 0 Å². The Bertz CT molecular complexity index is 1200. The molecule has 0 saturated carbocycles. The number of amidine groups is 1. The molecule has 1 saturated heterocycles. The van der Waals surface area contributed by atoms with Crippen LogP contribution in [0.15, 0.2) is 66.7 Å². The molecule has 1 heterocycles. The third-order valence-electron chi connectivity index (χ3n) is 6.69. The molecule has 1 aliphatic heterocycles. The zero-order chi connectivity index (χ0) is 26.4. The second kappa shape index (κ2) is 11.7. The molecular weight excluding hydrogens is 477 g/mol. The van der Waals surface area contributed by atoms with Gasteiger partial charge in [-0.05, 0) is 53.4 Å². The minimum atomic E-state index is -4.33. The lowest BCUT2D eigenvalue weighted by Crippen LogP contribution is -2.47. The normalized spacial score (nSPS) is 14.5. The van der Waals surface area contributed by atoms with E-state index < -0.39 is 11.7 Å². The van der Waals surface area contributed by atoms with Gasteiger partial charge in [0.1, 0.15) is 18.2 Å². The van der Waals surface area contributed by atoms with Gasteiger partial charge in [0.05, 0.1) is 5.56 Å². The van der Waals surface area contributed by atoms with Crippen molar-refractivity contribution in [2.24, 2.45) is 5.73 Å². The first-order chi connectivity index (χ1) is 17.7. The standard InChI is InChI=1S/C29H33F3N4O/c1-2-4-24-19-23(21-7-9-22(10-8-21)28(33)34)11-12-27(24)37-18-17-35-13-15-36(16-14-35)26-6-3-5-25(20-26)29(30,31)32/h3,5-12,19-20H,2,4,13-18H2,1H3,(H3,33,34). The monoisotopic (exact) mass is 510 g/mol. The maximum absolute atomic E-state index is 13.1. The SMILES string of the molecule is CCCc1cc(-c2ccc(C(=N)N)cc2)ccc1OCCN1CCN(c2cccc(C(F)(F)F)c2)CC1. The van der Waals surface area contributed by atoms with Crippen LogP contribution in [0.5, 0.6) is 5.75 Å². The zero-order valence-corrected chi connectivity index (χ0v) is 21.0. The summed E-state index contributed by atoms with van der Waals surface area (Å²) in [5.41, 5.74) is 9.59. The average Bonchev–Trinajstić information content (AvgIpc) is 2.90. The number of ether oxygens (including phenoxy) is 1. The van der Waals surface area contributed by atoms with E-state index in [2.05, 4.69) is 17.9 Å². The molecule has 4 rings (SSSR count). The minimum absolute atomic E-state index is 0.0547. The maximum atomic E-state index is 13.1. The molecule has 0 radical (unpaired) electrons. The Morgan fingerprint density at radius 2 is 1.65 bits per heavy atom. The smallest absolute Gasteiger partial charge is 0.416 e. The van der Waals surface area contributed by atoms with Crippen LogP contribution in [-0.4, -0.2) is 50.1 Å². The summed E-state index contributed by atoms with van der Waals surface area (Å²) < 4.78 is 45.3. The molecule has 8 heteroatoms. The summed E-state index contributed by atoms with van der Waals surface area (Å²) in [5.74, 6) is 0.938. The van der Waals surface area contributed by atoms with E-state index in [9.17, 15) is 13.2 Å². The van der Waals surface area contributed by atoms with Crippen molar-refractivity contribution in [1.29, 1.82) is 5.41 Å². The highest BCUT2D eigenvalue weighted by Crippen LogP contribution is 2.32. The van der Waals surface area contributed by atoms with Crippen molar-refractivity contribution >= 4 is 11.5 Å². The largest absolute Gasteiger partial charge is 0.492 e. The second-order valence-electron chi connectivity index (χ2n) is 9.29. The molecule has 1 fully saturated rings. The molecular formula is C29H33F3N4O. The van der Waals surface area contributed by atoms with Crippen molar-refractivity contribution in [1.82, 2.24) is 4.90 Å². The number of hydrogen-bond donors (Lipinski definition) is 2. The number of halogens is 3. The van der Waals surface area contributed by atoms with Crippen molar-refractivity contribution < 1.29 is 17.9 Å². The van der Waals surface area contributed by atoms with Crippen molar-refractivity contribution in [3.05, 3.63) is 83.4 Å². The van der Waals surface area contributed by atoms with Crippen LogP contribution in [0, 0.1) is 5.41 Å². The Morgan fingerprint density at radius 1 is 0.946 bits per heavy atom. The fraction of sp³-hybridized carbons (Fsp3) is 0.345. The fourth-order valence-electron chi connectivity index (χ4n) is 4.60.